The Hall–Kier alpha value is -3.35. The summed E-state index contributed by atoms with van der Waals surface area (Å²) in [5.74, 6) is 2.35. The fourth-order valence-electron chi connectivity index (χ4n) is 4.29. The van der Waals surface area contributed by atoms with Gasteiger partial charge in [0.15, 0.2) is 5.11 Å². The molecular formula is C28H26ClN3O2S. The molecule has 178 valence electrons. The van der Waals surface area contributed by atoms with E-state index in [0.717, 1.165) is 39.8 Å². The molecule has 2 aromatic carbocycles. The summed E-state index contributed by atoms with van der Waals surface area (Å²) in [5, 5.41) is 4.78. The van der Waals surface area contributed by atoms with Gasteiger partial charge in [0.1, 0.15) is 23.3 Å². The first-order chi connectivity index (χ1) is 16.9. The molecule has 1 aliphatic rings. The molecule has 0 amide bonds. The Bertz CT molecular complexity index is 1340. The van der Waals surface area contributed by atoms with Gasteiger partial charge in [-0.1, -0.05) is 29.8 Å². The fourth-order valence-corrected chi connectivity index (χ4v) is 4.82. The van der Waals surface area contributed by atoms with Crippen molar-refractivity contribution < 1.29 is 9.15 Å². The summed E-state index contributed by atoms with van der Waals surface area (Å²) in [4.78, 5) is 6.69. The quantitative estimate of drug-likeness (QED) is 0.279. The van der Waals surface area contributed by atoms with Crippen LogP contribution >= 0.6 is 23.8 Å². The molecule has 1 aliphatic heterocycles. The summed E-state index contributed by atoms with van der Waals surface area (Å²) in [5.41, 5.74) is 3.78. The van der Waals surface area contributed by atoms with Crippen LogP contribution in [0.15, 0.2) is 83.4 Å². The van der Waals surface area contributed by atoms with Crippen LogP contribution in [-0.4, -0.2) is 16.2 Å². The summed E-state index contributed by atoms with van der Waals surface area (Å²) >= 11 is 12.2. The Morgan fingerprint density at radius 1 is 1.06 bits per heavy atom. The van der Waals surface area contributed by atoms with Crippen LogP contribution in [0.1, 0.15) is 42.9 Å². The Morgan fingerprint density at radius 3 is 2.54 bits per heavy atom. The Kier molecular flexibility index (Phi) is 6.50. The topological polar surface area (TPSA) is 50.5 Å². The van der Waals surface area contributed by atoms with Crippen LogP contribution in [-0.2, 0) is 0 Å². The molecule has 0 unspecified atom stereocenters. The molecule has 2 aromatic heterocycles. The lowest BCUT2D eigenvalue weighted by Gasteiger charge is -2.26. The molecule has 0 spiro atoms. The first kappa shape index (κ1) is 23.4. The van der Waals surface area contributed by atoms with Crippen molar-refractivity contribution in [1.82, 2.24) is 10.3 Å². The van der Waals surface area contributed by atoms with Crippen molar-refractivity contribution in [3.05, 3.63) is 101 Å². The number of hydrogen-bond donors (Lipinski definition) is 1. The SMILES string of the molecule is Cc1ccc(-c2ccc([C@@H]3[C@@H](c4ccccn4)NC(=S)N3c3ccc(OC(C)C)cc3)o2)cc1Cl. The molecule has 1 N–H and O–H groups in total. The number of nitrogens with one attached hydrogen (secondary N) is 1. The minimum Gasteiger partial charge on any atom is -0.491 e. The zero-order chi connectivity index (χ0) is 24.5. The zero-order valence-electron chi connectivity index (χ0n) is 19.7. The van der Waals surface area contributed by atoms with Crippen molar-refractivity contribution in [3.8, 4) is 17.1 Å². The van der Waals surface area contributed by atoms with Crippen LogP contribution in [0.4, 0.5) is 5.69 Å². The lowest BCUT2D eigenvalue weighted by atomic mass is 10.0. The molecule has 0 saturated carbocycles. The number of halogens is 1. The minimum atomic E-state index is -0.232. The van der Waals surface area contributed by atoms with E-state index in [-0.39, 0.29) is 18.2 Å². The molecule has 7 heteroatoms. The van der Waals surface area contributed by atoms with Gasteiger partial charge in [0.25, 0.3) is 0 Å². The summed E-state index contributed by atoms with van der Waals surface area (Å²) in [6.45, 7) is 6.00. The number of thiocarbonyl (C=S) groups is 1. The molecule has 5 rings (SSSR count). The van der Waals surface area contributed by atoms with Crippen molar-refractivity contribution in [2.24, 2.45) is 0 Å². The van der Waals surface area contributed by atoms with Gasteiger partial charge >= 0.3 is 0 Å². The van der Waals surface area contributed by atoms with Crippen molar-refractivity contribution in [1.29, 1.82) is 0 Å². The van der Waals surface area contributed by atoms with Crippen LogP contribution in [0.25, 0.3) is 11.3 Å². The maximum absolute atomic E-state index is 6.42. The zero-order valence-corrected chi connectivity index (χ0v) is 21.3. The number of rotatable bonds is 6. The van der Waals surface area contributed by atoms with Gasteiger partial charge in [-0.25, -0.2) is 0 Å². The molecule has 4 aromatic rings. The van der Waals surface area contributed by atoms with E-state index in [1.54, 1.807) is 6.20 Å². The predicted molar refractivity (Wildman–Crippen MR) is 144 cm³/mol. The van der Waals surface area contributed by atoms with E-state index in [9.17, 15) is 0 Å². The normalized spacial score (nSPS) is 17.6. The van der Waals surface area contributed by atoms with Gasteiger partial charge in [-0.2, -0.15) is 0 Å². The maximum Gasteiger partial charge on any atom is 0.174 e. The van der Waals surface area contributed by atoms with Crippen molar-refractivity contribution >= 4 is 34.6 Å². The number of anilines is 1. The largest absolute Gasteiger partial charge is 0.491 e. The fraction of sp³-hybridized carbons (Fsp3) is 0.214. The molecule has 1 fully saturated rings. The van der Waals surface area contributed by atoms with E-state index < -0.39 is 0 Å². The highest BCUT2D eigenvalue weighted by molar-refractivity contribution is 7.80. The summed E-state index contributed by atoms with van der Waals surface area (Å²) < 4.78 is 12.2. The van der Waals surface area contributed by atoms with Crippen LogP contribution in [0.2, 0.25) is 5.02 Å². The van der Waals surface area contributed by atoms with Crippen LogP contribution in [0.3, 0.4) is 0 Å². The molecule has 35 heavy (non-hydrogen) atoms. The second-order valence-corrected chi connectivity index (χ2v) is 9.62. The Morgan fingerprint density at radius 2 is 1.86 bits per heavy atom. The third kappa shape index (κ3) is 4.77. The number of pyridine rings is 1. The first-order valence-electron chi connectivity index (χ1n) is 11.5. The molecule has 0 radical (unpaired) electrons. The summed E-state index contributed by atoms with van der Waals surface area (Å²) in [6, 6.07) is 23.3. The molecule has 1 saturated heterocycles. The van der Waals surface area contributed by atoms with Gasteiger partial charge in [-0.15, -0.1) is 0 Å². The Labute approximate surface area is 215 Å². The smallest absolute Gasteiger partial charge is 0.174 e. The molecule has 5 nitrogen and oxygen atoms in total. The van der Waals surface area contributed by atoms with Crippen molar-refractivity contribution in [3.63, 3.8) is 0 Å². The third-order valence-corrected chi connectivity index (χ3v) is 6.68. The predicted octanol–water partition coefficient (Wildman–Crippen LogP) is 7.27. The average molecular weight is 504 g/mol. The highest BCUT2D eigenvalue weighted by Gasteiger charge is 2.42. The number of furan rings is 1. The number of ether oxygens (including phenoxy) is 1. The average Bonchev–Trinajstić information content (AvgIpc) is 3.46. The van der Waals surface area contributed by atoms with E-state index in [1.807, 2.05) is 93.6 Å². The number of aromatic nitrogens is 1. The minimum absolute atomic E-state index is 0.105. The number of hydrogen-bond acceptors (Lipinski definition) is 4. The number of aryl methyl sites for hydroxylation is 1. The standard InChI is InChI=1S/C28H26ClN3O2S/c1-17(2)33-21-11-9-20(10-12-21)32-27(26(31-28(32)35)23-6-4-5-15-30-23)25-14-13-24(34-25)19-8-7-18(3)22(29)16-19/h4-17,26-27H,1-3H3,(H,31,35)/t26-,27-/m1/s1. The first-order valence-corrected chi connectivity index (χ1v) is 12.3. The second-order valence-electron chi connectivity index (χ2n) is 8.82. The van der Waals surface area contributed by atoms with Gasteiger partial charge in [0, 0.05) is 22.5 Å². The monoisotopic (exact) mass is 503 g/mol. The molecule has 3 heterocycles. The molecular weight excluding hydrogens is 478 g/mol. The van der Waals surface area contributed by atoms with Crippen LogP contribution in [0, 0.1) is 6.92 Å². The highest BCUT2D eigenvalue weighted by Crippen LogP contribution is 2.43. The molecule has 0 aliphatic carbocycles. The van der Waals surface area contributed by atoms with E-state index >= 15 is 0 Å². The van der Waals surface area contributed by atoms with Gasteiger partial charge in [0.2, 0.25) is 0 Å². The third-order valence-electron chi connectivity index (χ3n) is 5.96. The maximum atomic E-state index is 6.42. The molecule has 2 atom stereocenters. The van der Waals surface area contributed by atoms with E-state index in [4.69, 9.17) is 33.0 Å². The number of nitrogens with zero attached hydrogens (tertiary/aromatic N) is 2. The number of benzene rings is 2. The van der Waals surface area contributed by atoms with Gasteiger partial charge in [-0.05, 0) is 93.1 Å². The lowest BCUT2D eigenvalue weighted by Crippen LogP contribution is -2.29. The van der Waals surface area contributed by atoms with Gasteiger partial charge in [0.05, 0.1) is 17.8 Å². The van der Waals surface area contributed by atoms with E-state index in [2.05, 4.69) is 15.2 Å². The van der Waals surface area contributed by atoms with Gasteiger partial charge in [-0.3, -0.25) is 4.98 Å². The van der Waals surface area contributed by atoms with Crippen LogP contribution < -0.4 is 15.0 Å². The molecule has 0 bridgehead atoms. The van der Waals surface area contributed by atoms with Gasteiger partial charge < -0.3 is 19.4 Å². The van der Waals surface area contributed by atoms with Crippen molar-refractivity contribution in [2.45, 2.75) is 39.0 Å². The highest BCUT2D eigenvalue weighted by atomic mass is 35.5. The summed E-state index contributed by atoms with van der Waals surface area (Å²) in [7, 11) is 0. The lowest BCUT2D eigenvalue weighted by molar-refractivity contribution is 0.242. The van der Waals surface area contributed by atoms with E-state index in [0.29, 0.717) is 10.1 Å². The summed E-state index contributed by atoms with van der Waals surface area (Å²) in [6.07, 6.45) is 1.90. The van der Waals surface area contributed by atoms with E-state index in [1.165, 1.54) is 0 Å². The Balaban J connectivity index is 1.55. The van der Waals surface area contributed by atoms with Crippen LogP contribution in [0.5, 0.6) is 5.75 Å². The second kappa shape index (κ2) is 9.72. The van der Waals surface area contributed by atoms with Crippen molar-refractivity contribution in [2.75, 3.05) is 4.90 Å².